The van der Waals surface area contributed by atoms with Crippen molar-refractivity contribution in [3.63, 3.8) is 0 Å². The predicted molar refractivity (Wildman–Crippen MR) is 72.4 cm³/mol. The van der Waals surface area contributed by atoms with E-state index in [0.717, 1.165) is 22.8 Å². The maximum atomic E-state index is 12.7. The van der Waals surface area contributed by atoms with E-state index in [0.29, 0.717) is 6.04 Å². The van der Waals surface area contributed by atoms with Gasteiger partial charge in [0.1, 0.15) is 5.01 Å². The van der Waals surface area contributed by atoms with Crippen LogP contribution in [0.3, 0.4) is 0 Å². The number of halogens is 2. The summed E-state index contributed by atoms with van der Waals surface area (Å²) in [6.45, 7) is 0.760. The molecule has 1 aliphatic carbocycles. The lowest BCUT2D eigenvalue weighted by molar-refractivity contribution is 0.151. The molecule has 19 heavy (non-hydrogen) atoms. The summed E-state index contributed by atoms with van der Waals surface area (Å²) >= 11 is 1.50. The Morgan fingerprint density at radius 2 is 2.21 bits per heavy atom. The topological polar surface area (TPSA) is 24.9 Å². The van der Waals surface area contributed by atoms with Gasteiger partial charge in [-0.25, -0.2) is 13.8 Å². The van der Waals surface area contributed by atoms with Crippen molar-refractivity contribution in [3.05, 3.63) is 40.9 Å². The second-order valence-electron chi connectivity index (χ2n) is 4.73. The van der Waals surface area contributed by atoms with E-state index in [1.54, 1.807) is 6.07 Å². The van der Waals surface area contributed by atoms with E-state index < -0.39 is 6.43 Å². The minimum atomic E-state index is -2.43. The van der Waals surface area contributed by atoms with Gasteiger partial charge in [0.05, 0.1) is 5.69 Å². The van der Waals surface area contributed by atoms with Crippen molar-refractivity contribution >= 4 is 11.3 Å². The van der Waals surface area contributed by atoms with Crippen LogP contribution in [0.2, 0.25) is 0 Å². The molecule has 5 heteroatoms. The molecule has 1 aromatic carbocycles. The third-order valence-electron chi connectivity index (χ3n) is 3.09. The fourth-order valence-electron chi connectivity index (χ4n) is 1.86. The summed E-state index contributed by atoms with van der Waals surface area (Å²) in [6.07, 6.45) is 0.0526. The average molecular weight is 280 g/mol. The Morgan fingerprint density at radius 3 is 2.95 bits per heavy atom. The highest BCUT2D eigenvalue weighted by molar-refractivity contribution is 7.13. The van der Waals surface area contributed by atoms with Crippen molar-refractivity contribution < 1.29 is 8.78 Å². The van der Waals surface area contributed by atoms with Gasteiger partial charge in [0, 0.05) is 29.1 Å². The third kappa shape index (κ3) is 3.16. The van der Waals surface area contributed by atoms with Crippen LogP contribution in [-0.4, -0.2) is 11.0 Å². The van der Waals surface area contributed by atoms with Crippen LogP contribution < -0.4 is 5.32 Å². The summed E-state index contributed by atoms with van der Waals surface area (Å²) in [6, 6.07) is 7.08. The van der Waals surface area contributed by atoms with Crippen molar-refractivity contribution in [2.75, 3.05) is 0 Å². The Hall–Kier alpha value is -1.33. The Kier molecular flexibility index (Phi) is 3.57. The maximum Gasteiger partial charge on any atom is 0.263 e. The quantitative estimate of drug-likeness (QED) is 0.895. The monoisotopic (exact) mass is 280 g/mol. The standard InChI is InChI=1S/C14H14F2N2S/c15-13(16)9-2-1-3-10(6-9)14-18-12(8-19-14)7-17-11-4-5-11/h1-3,6,8,11,13,17H,4-5,7H2. The molecule has 0 bridgehead atoms. The van der Waals surface area contributed by atoms with E-state index in [9.17, 15) is 8.78 Å². The van der Waals surface area contributed by atoms with E-state index in [-0.39, 0.29) is 5.56 Å². The van der Waals surface area contributed by atoms with Crippen molar-refractivity contribution in [1.82, 2.24) is 10.3 Å². The molecule has 1 saturated carbocycles. The van der Waals surface area contributed by atoms with Crippen molar-refractivity contribution in [1.29, 1.82) is 0 Å². The minimum Gasteiger partial charge on any atom is -0.308 e. The van der Waals surface area contributed by atoms with Crippen LogP contribution in [0, 0.1) is 0 Å². The predicted octanol–water partition coefficient (Wildman–Crippen LogP) is 4.00. The van der Waals surface area contributed by atoms with E-state index >= 15 is 0 Å². The van der Waals surface area contributed by atoms with E-state index in [1.165, 1.54) is 36.3 Å². The number of nitrogens with zero attached hydrogens (tertiary/aromatic N) is 1. The lowest BCUT2D eigenvalue weighted by atomic mass is 10.1. The lowest BCUT2D eigenvalue weighted by Gasteiger charge is -2.02. The molecule has 100 valence electrons. The average Bonchev–Trinajstić information content (AvgIpc) is 3.13. The number of thiazole rings is 1. The van der Waals surface area contributed by atoms with Gasteiger partial charge in [-0.2, -0.15) is 0 Å². The first-order valence-corrected chi connectivity index (χ1v) is 7.16. The summed E-state index contributed by atoms with van der Waals surface area (Å²) < 4.78 is 25.3. The first-order valence-electron chi connectivity index (χ1n) is 6.28. The second kappa shape index (κ2) is 5.35. The van der Waals surface area contributed by atoms with Gasteiger partial charge in [-0.05, 0) is 18.9 Å². The molecule has 1 fully saturated rings. The molecule has 0 unspecified atom stereocenters. The van der Waals surface area contributed by atoms with Gasteiger partial charge in [-0.1, -0.05) is 18.2 Å². The van der Waals surface area contributed by atoms with Crippen LogP contribution >= 0.6 is 11.3 Å². The van der Waals surface area contributed by atoms with Gasteiger partial charge < -0.3 is 5.32 Å². The van der Waals surface area contributed by atoms with Gasteiger partial charge in [0.15, 0.2) is 0 Å². The molecule has 0 aliphatic heterocycles. The molecule has 2 aromatic rings. The number of hydrogen-bond acceptors (Lipinski definition) is 3. The summed E-state index contributed by atoms with van der Waals surface area (Å²) in [5, 5.41) is 6.18. The molecular weight excluding hydrogens is 266 g/mol. The molecular formula is C14H14F2N2S. The van der Waals surface area contributed by atoms with Crippen LogP contribution in [-0.2, 0) is 6.54 Å². The van der Waals surface area contributed by atoms with E-state index in [2.05, 4.69) is 10.3 Å². The second-order valence-corrected chi connectivity index (χ2v) is 5.58. The smallest absolute Gasteiger partial charge is 0.263 e. The third-order valence-corrected chi connectivity index (χ3v) is 4.03. The van der Waals surface area contributed by atoms with Crippen LogP contribution in [0.4, 0.5) is 8.78 Å². The van der Waals surface area contributed by atoms with Crippen LogP contribution in [0.15, 0.2) is 29.6 Å². The van der Waals surface area contributed by atoms with Gasteiger partial charge in [0.25, 0.3) is 6.43 Å². The number of hydrogen-bond donors (Lipinski definition) is 1. The maximum absolute atomic E-state index is 12.7. The highest BCUT2D eigenvalue weighted by atomic mass is 32.1. The highest BCUT2D eigenvalue weighted by Crippen LogP contribution is 2.28. The Bertz CT molecular complexity index is 564. The van der Waals surface area contributed by atoms with Crippen LogP contribution in [0.5, 0.6) is 0 Å². The zero-order chi connectivity index (χ0) is 13.2. The fraction of sp³-hybridized carbons (Fsp3) is 0.357. The van der Waals surface area contributed by atoms with Gasteiger partial charge >= 0.3 is 0 Å². The molecule has 0 spiro atoms. The minimum absolute atomic E-state index is 0.0466. The lowest BCUT2D eigenvalue weighted by Crippen LogP contribution is -2.15. The molecule has 0 saturated heterocycles. The number of benzene rings is 1. The number of aromatic nitrogens is 1. The van der Waals surface area contributed by atoms with Crippen molar-refractivity contribution in [2.24, 2.45) is 0 Å². The molecule has 1 aromatic heterocycles. The largest absolute Gasteiger partial charge is 0.308 e. The summed E-state index contributed by atoms with van der Waals surface area (Å²) in [7, 11) is 0. The van der Waals surface area contributed by atoms with Crippen LogP contribution in [0.25, 0.3) is 10.6 Å². The molecule has 1 aliphatic rings. The normalized spacial score (nSPS) is 15.1. The Labute approximate surface area is 114 Å². The number of nitrogens with one attached hydrogen (secondary N) is 1. The highest BCUT2D eigenvalue weighted by Gasteiger charge is 2.20. The van der Waals surface area contributed by atoms with E-state index in [1.807, 2.05) is 11.4 Å². The first kappa shape index (κ1) is 12.7. The molecule has 3 rings (SSSR count). The Morgan fingerprint density at radius 1 is 1.37 bits per heavy atom. The van der Waals surface area contributed by atoms with Crippen molar-refractivity contribution in [3.8, 4) is 10.6 Å². The summed E-state index contributed by atoms with van der Waals surface area (Å²) in [5.74, 6) is 0. The molecule has 2 nitrogen and oxygen atoms in total. The summed E-state index contributed by atoms with van der Waals surface area (Å²) in [5.41, 5.74) is 1.79. The van der Waals surface area contributed by atoms with Gasteiger partial charge in [0.2, 0.25) is 0 Å². The van der Waals surface area contributed by atoms with Crippen LogP contribution in [0.1, 0.15) is 30.5 Å². The summed E-state index contributed by atoms with van der Waals surface area (Å²) in [4.78, 5) is 4.49. The van der Waals surface area contributed by atoms with E-state index in [4.69, 9.17) is 0 Å². The fourth-order valence-corrected chi connectivity index (χ4v) is 2.68. The zero-order valence-corrected chi connectivity index (χ0v) is 11.1. The van der Waals surface area contributed by atoms with Crippen molar-refractivity contribution in [2.45, 2.75) is 31.9 Å². The van der Waals surface area contributed by atoms with Gasteiger partial charge in [-0.15, -0.1) is 11.3 Å². The number of alkyl halides is 2. The molecule has 0 radical (unpaired) electrons. The Balaban J connectivity index is 1.75. The SMILES string of the molecule is FC(F)c1cccc(-c2nc(CNC3CC3)cs2)c1. The first-order chi connectivity index (χ1) is 9.22. The molecule has 1 heterocycles. The molecule has 0 atom stereocenters. The van der Waals surface area contributed by atoms with Gasteiger partial charge in [-0.3, -0.25) is 0 Å². The molecule has 0 amide bonds. The molecule has 1 N–H and O–H groups in total. The number of rotatable bonds is 5. The zero-order valence-electron chi connectivity index (χ0n) is 10.3.